The minimum atomic E-state index is -0.956. The normalized spacial score (nSPS) is 15.0. The van der Waals surface area contributed by atoms with Gasteiger partial charge in [-0.25, -0.2) is 0 Å². The number of aromatic nitrogens is 1. The molecule has 0 saturated carbocycles. The molecule has 2 atom stereocenters. The Bertz CT molecular complexity index is 325. The first-order chi connectivity index (χ1) is 7.04. The van der Waals surface area contributed by atoms with Gasteiger partial charge in [-0.3, -0.25) is 9.78 Å². The van der Waals surface area contributed by atoms with Crippen molar-refractivity contribution in [2.45, 2.75) is 26.0 Å². The number of aliphatic hydroxyl groups is 1. The number of nitrogens with zero attached hydrogens (tertiary/aromatic N) is 1. The number of hydrogen-bond donors (Lipinski definition) is 2. The molecule has 0 bridgehead atoms. The molecule has 82 valence electrons. The number of aliphatic hydroxyl groups excluding tert-OH is 1. The molecule has 1 rings (SSSR count). The minimum absolute atomic E-state index is 0.140. The molecular formula is C11H16N2O2. The number of carbonyl (C=O) groups is 1. The predicted molar refractivity (Wildman–Crippen MR) is 57.0 cm³/mol. The van der Waals surface area contributed by atoms with Crippen LogP contribution < -0.4 is 5.73 Å². The highest BCUT2D eigenvalue weighted by molar-refractivity contribution is 5.86. The van der Waals surface area contributed by atoms with E-state index < -0.39 is 12.1 Å². The van der Waals surface area contributed by atoms with Crippen molar-refractivity contribution in [1.29, 1.82) is 0 Å². The summed E-state index contributed by atoms with van der Waals surface area (Å²) in [5.41, 5.74) is 6.29. The molecule has 0 spiro atoms. The van der Waals surface area contributed by atoms with Crippen LogP contribution in [0.2, 0.25) is 0 Å². The molecule has 3 N–H and O–H groups in total. The van der Waals surface area contributed by atoms with E-state index in [-0.39, 0.29) is 11.7 Å². The first kappa shape index (κ1) is 11.8. The van der Waals surface area contributed by atoms with Crippen molar-refractivity contribution in [2.24, 2.45) is 11.7 Å². The molecular weight excluding hydrogens is 192 g/mol. The maximum atomic E-state index is 11.6. The zero-order valence-corrected chi connectivity index (χ0v) is 8.92. The second-order valence-electron chi connectivity index (χ2n) is 3.81. The molecule has 0 aliphatic heterocycles. The van der Waals surface area contributed by atoms with Gasteiger partial charge in [0.05, 0.1) is 6.04 Å². The molecule has 0 radical (unpaired) electrons. The summed E-state index contributed by atoms with van der Waals surface area (Å²) in [6, 6.07) is 2.43. The maximum absolute atomic E-state index is 11.6. The highest BCUT2D eigenvalue weighted by Crippen LogP contribution is 2.16. The van der Waals surface area contributed by atoms with E-state index in [0.29, 0.717) is 5.56 Å². The molecule has 15 heavy (non-hydrogen) atoms. The largest absolute Gasteiger partial charge is 0.386 e. The number of rotatable bonds is 4. The summed E-state index contributed by atoms with van der Waals surface area (Å²) in [5, 5.41) is 9.83. The first-order valence-electron chi connectivity index (χ1n) is 4.91. The Morgan fingerprint density at radius 1 is 1.40 bits per heavy atom. The van der Waals surface area contributed by atoms with E-state index in [9.17, 15) is 9.90 Å². The van der Waals surface area contributed by atoms with Crippen LogP contribution in [0, 0.1) is 5.92 Å². The van der Waals surface area contributed by atoms with Gasteiger partial charge in [0, 0.05) is 18.3 Å². The molecule has 0 amide bonds. The monoisotopic (exact) mass is 208 g/mol. The molecule has 0 saturated heterocycles. The Balaban J connectivity index is 2.77. The number of Topliss-reactive ketones (excluding diaryl/α,β-unsaturated/α-hetero) is 1. The summed E-state index contributed by atoms with van der Waals surface area (Å²) in [4.78, 5) is 15.4. The maximum Gasteiger partial charge on any atom is 0.155 e. The van der Waals surface area contributed by atoms with Crippen LogP contribution in [-0.2, 0) is 4.79 Å². The summed E-state index contributed by atoms with van der Waals surface area (Å²) in [6.45, 7) is 3.53. The van der Waals surface area contributed by atoms with Crippen LogP contribution >= 0.6 is 0 Å². The van der Waals surface area contributed by atoms with E-state index in [0.717, 1.165) is 0 Å². The summed E-state index contributed by atoms with van der Waals surface area (Å²) in [5.74, 6) is -0.309. The number of pyridine rings is 1. The lowest BCUT2D eigenvalue weighted by atomic mass is 9.94. The molecule has 1 heterocycles. The van der Waals surface area contributed by atoms with E-state index in [2.05, 4.69) is 4.98 Å². The number of ketones is 1. The van der Waals surface area contributed by atoms with E-state index >= 15 is 0 Å². The van der Waals surface area contributed by atoms with Gasteiger partial charge in [-0.2, -0.15) is 0 Å². The Kier molecular flexibility index (Phi) is 3.94. The number of nitrogens with two attached hydrogens (primary N) is 1. The molecule has 4 heteroatoms. The van der Waals surface area contributed by atoms with Gasteiger partial charge in [0.2, 0.25) is 0 Å². The van der Waals surface area contributed by atoms with Crippen LogP contribution in [0.1, 0.15) is 25.5 Å². The Labute approximate surface area is 89.1 Å². The average molecular weight is 208 g/mol. The van der Waals surface area contributed by atoms with Crippen LogP contribution in [-0.4, -0.2) is 21.9 Å². The van der Waals surface area contributed by atoms with E-state index in [1.165, 1.54) is 0 Å². The zero-order valence-electron chi connectivity index (χ0n) is 8.92. The van der Waals surface area contributed by atoms with E-state index in [1.54, 1.807) is 38.4 Å². The van der Waals surface area contributed by atoms with Gasteiger partial charge in [0.1, 0.15) is 6.10 Å². The SMILES string of the molecule is CC(C)C(=O)C(N)C(O)c1ccncc1. The first-order valence-corrected chi connectivity index (χ1v) is 4.91. The van der Waals surface area contributed by atoms with Crippen LogP contribution in [0.4, 0.5) is 0 Å². The van der Waals surface area contributed by atoms with Crippen molar-refractivity contribution in [1.82, 2.24) is 4.98 Å². The molecule has 1 aromatic rings. The molecule has 1 aromatic heterocycles. The standard InChI is InChI=1S/C11H16N2O2/c1-7(2)10(14)9(12)11(15)8-3-5-13-6-4-8/h3-7,9,11,15H,12H2,1-2H3. The van der Waals surface area contributed by atoms with Gasteiger partial charge in [-0.15, -0.1) is 0 Å². The summed E-state index contributed by atoms with van der Waals surface area (Å²) in [6.07, 6.45) is 2.17. The minimum Gasteiger partial charge on any atom is -0.386 e. The third-order valence-corrected chi connectivity index (χ3v) is 2.29. The van der Waals surface area contributed by atoms with Crippen molar-refractivity contribution in [3.8, 4) is 0 Å². The van der Waals surface area contributed by atoms with Gasteiger partial charge in [-0.05, 0) is 17.7 Å². The van der Waals surface area contributed by atoms with Gasteiger partial charge in [0.15, 0.2) is 5.78 Å². The lowest BCUT2D eigenvalue weighted by Gasteiger charge is -2.19. The Hall–Kier alpha value is -1.26. The van der Waals surface area contributed by atoms with Gasteiger partial charge < -0.3 is 10.8 Å². The fourth-order valence-corrected chi connectivity index (χ4v) is 1.31. The molecule has 4 nitrogen and oxygen atoms in total. The zero-order chi connectivity index (χ0) is 11.4. The third kappa shape index (κ3) is 2.84. The fraction of sp³-hybridized carbons (Fsp3) is 0.455. The lowest BCUT2D eigenvalue weighted by molar-refractivity contribution is -0.125. The second-order valence-corrected chi connectivity index (χ2v) is 3.81. The highest BCUT2D eigenvalue weighted by atomic mass is 16.3. The van der Waals surface area contributed by atoms with Gasteiger partial charge >= 0.3 is 0 Å². The average Bonchev–Trinajstić information content (AvgIpc) is 2.27. The van der Waals surface area contributed by atoms with E-state index in [1.807, 2.05) is 0 Å². The second kappa shape index (κ2) is 5.00. The predicted octanol–water partition coefficient (Wildman–Crippen LogP) is 0.667. The molecule has 0 aliphatic rings. The van der Waals surface area contributed by atoms with Crippen molar-refractivity contribution in [3.05, 3.63) is 30.1 Å². The van der Waals surface area contributed by atoms with Crippen molar-refractivity contribution >= 4 is 5.78 Å². The molecule has 0 aromatic carbocycles. The number of hydrogen-bond acceptors (Lipinski definition) is 4. The Morgan fingerprint density at radius 3 is 2.40 bits per heavy atom. The summed E-state index contributed by atoms with van der Waals surface area (Å²) < 4.78 is 0. The highest BCUT2D eigenvalue weighted by Gasteiger charge is 2.25. The topological polar surface area (TPSA) is 76.2 Å². The lowest BCUT2D eigenvalue weighted by Crippen LogP contribution is -2.39. The molecule has 0 aliphatic carbocycles. The number of carbonyl (C=O) groups excluding carboxylic acids is 1. The van der Waals surface area contributed by atoms with Crippen LogP contribution in [0.3, 0.4) is 0 Å². The van der Waals surface area contributed by atoms with Crippen LogP contribution in [0.25, 0.3) is 0 Å². The molecule has 2 unspecified atom stereocenters. The smallest absolute Gasteiger partial charge is 0.155 e. The van der Waals surface area contributed by atoms with Crippen molar-refractivity contribution in [2.75, 3.05) is 0 Å². The van der Waals surface area contributed by atoms with Crippen LogP contribution in [0.15, 0.2) is 24.5 Å². The fourth-order valence-electron chi connectivity index (χ4n) is 1.31. The molecule has 0 fully saturated rings. The van der Waals surface area contributed by atoms with Crippen molar-refractivity contribution < 1.29 is 9.90 Å². The van der Waals surface area contributed by atoms with E-state index in [4.69, 9.17) is 5.73 Å². The quantitative estimate of drug-likeness (QED) is 0.762. The van der Waals surface area contributed by atoms with Crippen molar-refractivity contribution in [3.63, 3.8) is 0 Å². The van der Waals surface area contributed by atoms with Gasteiger partial charge in [0.25, 0.3) is 0 Å². The summed E-state index contributed by atoms with van der Waals surface area (Å²) >= 11 is 0. The summed E-state index contributed by atoms with van der Waals surface area (Å²) in [7, 11) is 0. The van der Waals surface area contributed by atoms with Crippen LogP contribution in [0.5, 0.6) is 0 Å². The Morgan fingerprint density at radius 2 is 1.93 bits per heavy atom. The third-order valence-electron chi connectivity index (χ3n) is 2.29. The van der Waals surface area contributed by atoms with Gasteiger partial charge in [-0.1, -0.05) is 13.8 Å².